The van der Waals surface area contributed by atoms with Crippen LogP contribution in [0.15, 0.2) is 18.2 Å². The van der Waals surface area contributed by atoms with Gasteiger partial charge in [-0.25, -0.2) is 0 Å². The maximum atomic E-state index is 11.9. The number of hydrogen-bond donors (Lipinski definition) is 0. The largest absolute Gasteiger partial charge is 0.496 e. The second kappa shape index (κ2) is 7.04. The smallest absolute Gasteiger partial charge is 0.192 e. The van der Waals surface area contributed by atoms with Gasteiger partial charge in [0, 0.05) is 7.11 Å². The molecule has 17 heavy (non-hydrogen) atoms. The van der Waals surface area contributed by atoms with Gasteiger partial charge < -0.3 is 14.2 Å². The Kier molecular flexibility index (Phi) is 5.66. The number of methoxy groups -OCH3 is 2. The zero-order valence-electron chi connectivity index (χ0n) is 10.5. The lowest BCUT2D eigenvalue weighted by Crippen LogP contribution is -2.13. The van der Waals surface area contributed by atoms with Gasteiger partial charge in [0.25, 0.3) is 0 Å². The van der Waals surface area contributed by atoms with Crippen molar-refractivity contribution in [3.05, 3.63) is 29.3 Å². The summed E-state index contributed by atoms with van der Waals surface area (Å²) in [5.74, 6) is 0.503. The third kappa shape index (κ3) is 4.17. The van der Waals surface area contributed by atoms with Gasteiger partial charge in [0.05, 0.1) is 25.9 Å². The van der Waals surface area contributed by atoms with Crippen molar-refractivity contribution in [2.24, 2.45) is 0 Å². The predicted molar refractivity (Wildman–Crippen MR) is 64.8 cm³/mol. The average Bonchev–Trinajstić information content (AvgIpc) is 2.34. The van der Waals surface area contributed by atoms with Gasteiger partial charge >= 0.3 is 0 Å². The molecule has 1 rings (SSSR count). The maximum absolute atomic E-state index is 11.9. The van der Waals surface area contributed by atoms with Gasteiger partial charge in [-0.05, 0) is 24.6 Å². The zero-order chi connectivity index (χ0) is 12.7. The summed E-state index contributed by atoms with van der Waals surface area (Å²) in [6.07, 6.45) is 0. The molecule has 0 heterocycles. The molecule has 0 bridgehead atoms. The highest BCUT2D eigenvalue weighted by Crippen LogP contribution is 2.20. The van der Waals surface area contributed by atoms with Crippen LogP contribution >= 0.6 is 0 Å². The molecule has 0 saturated carbocycles. The van der Waals surface area contributed by atoms with Crippen LogP contribution in [0.25, 0.3) is 0 Å². The number of ketones is 1. The van der Waals surface area contributed by atoms with Crippen LogP contribution in [-0.2, 0) is 9.47 Å². The molecule has 0 aliphatic heterocycles. The third-order valence-electron chi connectivity index (χ3n) is 2.32. The first kappa shape index (κ1) is 13.7. The normalized spacial score (nSPS) is 10.3. The molecule has 0 spiro atoms. The van der Waals surface area contributed by atoms with Crippen molar-refractivity contribution in [3.63, 3.8) is 0 Å². The molecular weight excluding hydrogens is 220 g/mol. The van der Waals surface area contributed by atoms with E-state index in [0.717, 1.165) is 5.56 Å². The van der Waals surface area contributed by atoms with Crippen LogP contribution in [0.4, 0.5) is 0 Å². The monoisotopic (exact) mass is 238 g/mol. The van der Waals surface area contributed by atoms with E-state index >= 15 is 0 Å². The topological polar surface area (TPSA) is 44.8 Å². The summed E-state index contributed by atoms with van der Waals surface area (Å²) >= 11 is 0. The van der Waals surface area contributed by atoms with E-state index in [1.54, 1.807) is 20.3 Å². The molecule has 0 aliphatic rings. The van der Waals surface area contributed by atoms with Crippen molar-refractivity contribution in [1.82, 2.24) is 0 Å². The number of hydrogen-bond acceptors (Lipinski definition) is 4. The lowest BCUT2D eigenvalue weighted by molar-refractivity contribution is 0.0575. The Morgan fingerprint density at radius 3 is 2.65 bits per heavy atom. The zero-order valence-corrected chi connectivity index (χ0v) is 10.5. The Labute approximate surface area is 101 Å². The molecule has 0 fully saturated rings. The fourth-order valence-electron chi connectivity index (χ4n) is 1.41. The van der Waals surface area contributed by atoms with E-state index in [4.69, 9.17) is 14.2 Å². The number of carbonyl (C=O) groups is 1. The fourth-order valence-corrected chi connectivity index (χ4v) is 1.41. The van der Waals surface area contributed by atoms with Crippen molar-refractivity contribution in [1.29, 1.82) is 0 Å². The lowest BCUT2D eigenvalue weighted by Gasteiger charge is -2.08. The van der Waals surface area contributed by atoms with E-state index < -0.39 is 0 Å². The molecule has 4 nitrogen and oxygen atoms in total. The molecule has 1 aromatic rings. The van der Waals surface area contributed by atoms with Crippen molar-refractivity contribution in [2.45, 2.75) is 6.92 Å². The van der Waals surface area contributed by atoms with Crippen molar-refractivity contribution >= 4 is 5.78 Å². The second-order valence-corrected chi connectivity index (χ2v) is 3.67. The number of aryl methyl sites for hydroxylation is 1. The minimum Gasteiger partial charge on any atom is -0.496 e. The minimum atomic E-state index is -0.0852. The summed E-state index contributed by atoms with van der Waals surface area (Å²) in [5, 5.41) is 0. The summed E-state index contributed by atoms with van der Waals surface area (Å²) in [6.45, 7) is 2.89. The minimum absolute atomic E-state index is 0.0444. The first-order valence-electron chi connectivity index (χ1n) is 5.43. The van der Waals surface area contributed by atoms with Crippen LogP contribution < -0.4 is 4.74 Å². The second-order valence-electron chi connectivity index (χ2n) is 3.67. The van der Waals surface area contributed by atoms with E-state index in [-0.39, 0.29) is 12.4 Å². The molecule has 0 N–H and O–H groups in total. The fraction of sp³-hybridized carbons (Fsp3) is 0.462. The third-order valence-corrected chi connectivity index (χ3v) is 2.32. The number of carbonyl (C=O) groups excluding carboxylic acids is 1. The highest BCUT2D eigenvalue weighted by Gasteiger charge is 2.12. The van der Waals surface area contributed by atoms with Crippen LogP contribution in [0.5, 0.6) is 5.75 Å². The molecule has 4 heteroatoms. The van der Waals surface area contributed by atoms with Crippen LogP contribution in [-0.4, -0.2) is 39.8 Å². The van der Waals surface area contributed by atoms with Gasteiger partial charge in [-0.3, -0.25) is 4.79 Å². The molecule has 0 unspecified atom stereocenters. The molecule has 0 aromatic heterocycles. The number of benzene rings is 1. The molecule has 0 radical (unpaired) electrons. The van der Waals surface area contributed by atoms with Crippen LogP contribution in [0, 0.1) is 6.92 Å². The molecule has 0 amide bonds. The van der Waals surface area contributed by atoms with Crippen LogP contribution in [0.1, 0.15) is 15.9 Å². The number of ether oxygens (including phenoxy) is 3. The van der Waals surface area contributed by atoms with Crippen LogP contribution in [0.2, 0.25) is 0 Å². The summed E-state index contributed by atoms with van der Waals surface area (Å²) in [7, 11) is 3.14. The quantitative estimate of drug-likeness (QED) is 0.537. The average molecular weight is 238 g/mol. The van der Waals surface area contributed by atoms with Gasteiger partial charge in [-0.2, -0.15) is 0 Å². The number of rotatable bonds is 7. The van der Waals surface area contributed by atoms with E-state index in [1.165, 1.54) is 0 Å². The maximum Gasteiger partial charge on any atom is 0.192 e. The van der Waals surface area contributed by atoms with E-state index in [9.17, 15) is 4.79 Å². The summed E-state index contributed by atoms with van der Waals surface area (Å²) in [4.78, 5) is 11.9. The standard InChI is InChI=1S/C13H18O4/c1-10-4-5-11(13(8-10)16-3)12(14)9-17-7-6-15-2/h4-5,8H,6-7,9H2,1-3H3. The van der Waals surface area contributed by atoms with Gasteiger partial charge in [-0.15, -0.1) is 0 Å². The molecule has 1 aromatic carbocycles. The molecule has 0 saturated heterocycles. The van der Waals surface area contributed by atoms with Gasteiger partial charge in [-0.1, -0.05) is 6.07 Å². The summed E-state index contributed by atoms with van der Waals surface area (Å²) < 4.78 is 15.2. The Bertz CT molecular complexity index is 374. The molecule has 0 atom stereocenters. The first-order chi connectivity index (χ1) is 8.19. The van der Waals surface area contributed by atoms with E-state index in [2.05, 4.69) is 0 Å². The van der Waals surface area contributed by atoms with Crippen LogP contribution in [0.3, 0.4) is 0 Å². The highest BCUT2D eigenvalue weighted by molar-refractivity contribution is 5.99. The lowest BCUT2D eigenvalue weighted by atomic mass is 10.1. The van der Waals surface area contributed by atoms with E-state index in [1.807, 2.05) is 19.1 Å². The van der Waals surface area contributed by atoms with Crippen molar-refractivity contribution < 1.29 is 19.0 Å². The van der Waals surface area contributed by atoms with E-state index in [0.29, 0.717) is 24.5 Å². The van der Waals surface area contributed by atoms with Gasteiger partial charge in [0.15, 0.2) is 5.78 Å². The predicted octanol–water partition coefficient (Wildman–Crippen LogP) is 1.85. The van der Waals surface area contributed by atoms with Gasteiger partial charge in [0.2, 0.25) is 0 Å². The molecular formula is C13H18O4. The van der Waals surface area contributed by atoms with Gasteiger partial charge in [0.1, 0.15) is 12.4 Å². The molecule has 0 aliphatic carbocycles. The highest BCUT2D eigenvalue weighted by atomic mass is 16.5. The Hall–Kier alpha value is -1.39. The van der Waals surface area contributed by atoms with Crippen molar-refractivity contribution in [2.75, 3.05) is 34.0 Å². The summed E-state index contributed by atoms with van der Waals surface area (Å²) in [5.41, 5.74) is 1.61. The van der Waals surface area contributed by atoms with Crippen molar-refractivity contribution in [3.8, 4) is 5.75 Å². The summed E-state index contributed by atoms with van der Waals surface area (Å²) in [6, 6.07) is 5.48. The number of Topliss-reactive ketones (excluding diaryl/α,β-unsaturated/α-hetero) is 1. The Balaban J connectivity index is 2.62. The molecule has 94 valence electrons. The Morgan fingerprint density at radius 1 is 1.24 bits per heavy atom. The Morgan fingerprint density at radius 2 is 2.00 bits per heavy atom. The first-order valence-corrected chi connectivity index (χ1v) is 5.43. The SMILES string of the molecule is COCCOCC(=O)c1ccc(C)cc1OC.